The van der Waals surface area contributed by atoms with Crippen LogP contribution in [0.15, 0.2) is 24.3 Å². The molecule has 0 radical (unpaired) electrons. The van der Waals surface area contributed by atoms with E-state index in [1.807, 2.05) is 6.92 Å². The fourth-order valence-electron chi connectivity index (χ4n) is 4.58. The molecule has 2 aliphatic rings. The lowest BCUT2D eigenvalue weighted by Gasteiger charge is -2.23. The molecule has 0 saturated carbocycles. The van der Waals surface area contributed by atoms with Crippen molar-refractivity contribution in [2.24, 2.45) is 11.8 Å². The number of carbonyl (C=O) groups excluding carboxylic acids is 2. The lowest BCUT2D eigenvalue weighted by molar-refractivity contribution is -0.147. The Balaban J connectivity index is 1.71. The van der Waals surface area contributed by atoms with Gasteiger partial charge >= 0.3 is 11.9 Å². The smallest absolute Gasteiger partial charge is 0.342 e. The summed E-state index contributed by atoms with van der Waals surface area (Å²) in [5.41, 5.74) is 1.69. The molecule has 0 aliphatic carbocycles. The molecule has 1 aromatic carbocycles. The number of rotatable bonds is 6. The fraction of sp³-hybridized carbons (Fsp3) is 0.435. The van der Waals surface area contributed by atoms with E-state index in [4.69, 9.17) is 21.1 Å². The van der Waals surface area contributed by atoms with Crippen LogP contribution in [0.25, 0.3) is 11.1 Å². The highest BCUT2D eigenvalue weighted by Gasteiger charge is 2.55. The van der Waals surface area contributed by atoms with Crippen LogP contribution in [0.3, 0.4) is 0 Å². The third kappa shape index (κ3) is 4.14. The van der Waals surface area contributed by atoms with E-state index in [2.05, 4.69) is 5.32 Å². The molecular weight excluding hydrogens is 454 g/mol. The Hall–Kier alpha value is -2.42. The van der Waals surface area contributed by atoms with Gasteiger partial charge in [0.1, 0.15) is 10.6 Å². The van der Waals surface area contributed by atoms with E-state index in [-0.39, 0.29) is 11.7 Å². The van der Waals surface area contributed by atoms with Crippen molar-refractivity contribution in [3.05, 3.63) is 39.7 Å². The molecule has 4 rings (SSSR count). The van der Waals surface area contributed by atoms with Crippen molar-refractivity contribution in [2.45, 2.75) is 51.9 Å². The topological polar surface area (TPSA) is 102 Å². The van der Waals surface area contributed by atoms with E-state index in [0.29, 0.717) is 28.4 Å². The lowest BCUT2D eigenvalue weighted by Crippen LogP contribution is -2.41. The average molecular weight is 478 g/mol. The second-order valence-electron chi connectivity index (χ2n) is 8.37. The number of fused-ring (bicyclic) bond motifs is 2. The Labute approximate surface area is 194 Å². The van der Waals surface area contributed by atoms with Crippen molar-refractivity contribution in [2.75, 3.05) is 5.32 Å². The number of amides is 1. The van der Waals surface area contributed by atoms with Gasteiger partial charge in [-0.1, -0.05) is 23.7 Å². The predicted molar refractivity (Wildman–Crippen MR) is 121 cm³/mol. The third-order valence-electron chi connectivity index (χ3n) is 5.86. The van der Waals surface area contributed by atoms with E-state index in [1.165, 1.54) is 11.3 Å². The zero-order valence-electron chi connectivity index (χ0n) is 17.9. The van der Waals surface area contributed by atoms with Crippen LogP contribution in [0, 0.1) is 18.8 Å². The minimum Gasteiger partial charge on any atom is -0.481 e. The molecule has 2 bridgehead atoms. The minimum absolute atomic E-state index is 0.257. The molecule has 2 aromatic rings. The molecule has 9 heteroatoms. The molecule has 32 heavy (non-hydrogen) atoms. The summed E-state index contributed by atoms with van der Waals surface area (Å²) in [6, 6.07) is 7.07. The number of aryl methyl sites for hydroxylation is 1. The van der Waals surface area contributed by atoms with Crippen molar-refractivity contribution in [3.8, 4) is 11.1 Å². The number of carboxylic acid groups (broad SMARTS) is 1. The number of hydrogen-bond acceptors (Lipinski definition) is 6. The van der Waals surface area contributed by atoms with Gasteiger partial charge in [0.05, 0.1) is 30.1 Å². The van der Waals surface area contributed by atoms with Crippen LogP contribution in [0.5, 0.6) is 0 Å². The Morgan fingerprint density at radius 2 is 1.78 bits per heavy atom. The van der Waals surface area contributed by atoms with Gasteiger partial charge < -0.3 is 19.9 Å². The van der Waals surface area contributed by atoms with Crippen LogP contribution in [-0.4, -0.2) is 41.3 Å². The Morgan fingerprint density at radius 3 is 2.38 bits per heavy atom. The second-order valence-corrected chi connectivity index (χ2v) is 10.0. The van der Waals surface area contributed by atoms with Crippen LogP contribution >= 0.6 is 22.9 Å². The SMILES string of the molecule is Cc1sc(NC(=O)[C@H]2[C@@H](C(=O)O)[C@@H]3CC[C@H]2O3)c(C(=O)OC(C)C)c1-c1ccc(Cl)cc1. The number of thiophene rings is 1. The monoisotopic (exact) mass is 477 g/mol. The summed E-state index contributed by atoms with van der Waals surface area (Å²) in [7, 11) is 0. The van der Waals surface area contributed by atoms with E-state index < -0.39 is 41.9 Å². The quantitative estimate of drug-likeness (QED) is 0.581. The van der Waals surface area contributed by atoms with E-state index in [0.717, 1.165) is 10.4 Å². The largest absolute Gasteiger partial charge is 0.481 e. The van der Waals surface area contributed by atoms with Crippen LogP contribution in [0.4, 0.5) is 5.00 Å². The number of anilines is 1. The molecule has 0 spiro atoms. The summed E-state index contributed by atoms with van der Waals surface area (Å²) in [5, 5.41) is 13.4. The maximum absolute atomic E-state index is 13.2. The molecule has 7 nitrogen and oxygen atoms in total. The highest BCUT2D eigenvalue weighted by molar-refractivity contribution is 7.17. The molecular formula is C23H24ClNO6S. The van der Waals surface area contributed by atoms with E-state index >= 15 is 0 Å². The van der Waals surface area contributed by atoms with Crippen LogP contribution < -0.4 is 5.32 Å². The molecule has 3 heterocycles. The molecule has 2 aliphatic heterocycles. The summed E-state index contributed by atoms with van der Waals surface area (Å²) in [4.78, 5) is 38.8. The number of carbonyl (C=O) groups is 3. The normalized spacial score (nSPS) is 24.0. The van der Waals surface area contributed by atoms with Crippen molar-refractivity contribution >= 4 is 45.8 Å². The number of ether oxygens (including phenoxy) is 2. The first-order chi connectivity index (χ1) is 15.2. The molecule has 170 valence electrons. The Morgan fingerprint density at radius 1 is 1.16 bits per heavy atom. The van der Waals surface area contributed by atoms with Gasteiger partial charge in [-0.3, -0.25) is 9.59 Å². The van der Waals surface area contributed by atoms with E-state index in [1.54, 1.807) is 38.1 Å². The van der Waals surface area contributed by atoms with Crippen molar-refractivity contribution < 1.29 is 29.0 Å². The van der Waals surface area contributed by atoms with E-state index in [9.17, 15) is 19.5 Å². The number of aliphatic carboxylic acids is 1. The first-order valence-corrected chi connectivity index (χ1v) is 11.7. The number of nitrogens with one attached hydrogen (secondary N) is 1. The number of carboxylic acids is 1. The third-order valence-corrected chi connectivity index (χ3v) is 7.13. The number of esters is 1. The highest BCUT2D eigenvalue weighted by atomic mass is 35.5. The summed E-state index contributed by atoms with van der Waals surface area (Å²) >= 11 is 7.28. The number of halogens is 1. The maximum atomic E-state index is 13.2. The van der Waals surface area contributed by atoms with Gasteiger partial charge in [0.15, 0.2) is 0 Å². The summed E-state index contributed by atoms with van der Waals surface area (Å²) in [6.45, 7) is 5.36. The number of hydrogen-bond donors (Lipinski definition) is 2. The molecule has 1 amide bonds. The fourth-order valence-corrected chi connectivity index (χ4v) is 5.78. The van der Waals surface area contributed by atoms with Gasteiger partial charge in [0.25, 0.3) is 0 Å². The van der Waals surface area contributed by atoms with Crippen LogP contribution in [0.2, 0.25) is 5.02 Å². The van der Waals surface area contributed by atoms with Gasteiger partial charge in [-0.25, -0.2) is 4.79 Å². The molecule has 1 aromatic heterocycles. The summed E-state index contributed by atoms with van der Waals surface area (Å²) < 4.78 is 11.2. The van der Waals surface area contributed by atoms with Crippen molar-refractivity contribution in [3.63, 3.8) is 0 Å². The zero-order valence-corrected chi connectivity index (χ0v) is 19.5. The average Bonchev–Trinajstić information content (AvgIpc) is 3.41. The van der Waals surface area contributed by atoms with Gasteiger partial charge in [0.2, 0.25) is 5.91 Å². The van der Waals surface area contributed by atoms with Crippen LogP contribution in [-0.2, 0) is 19.1 Å². The summed E-state index contributed by atoms with van der Waals surface area (Å²) in [6.07, 6.45) is 0.0572. The van der Waals surface area contributed by atoms with Crippen molar-refractivity contribution in [1.82, 2.24) is 0 Å². The van der Waals surface area contributed by atoms with Gasteiger partial charge in [-0.15, -0.1) is 11.3 Å². The standard InChI is InChI=1S/C23H24ClNO6S/c1-10(2)30-23(29)19-16(12-4-6-13(24)7-5-12)11(3)32-21(19)25-20(26)17-14-8-9-15(31-14)18(17)22(27)28/h4-7,10,14-15,17-18H,8-9H2,1-3H3,(H,25,26)(H,27,28)/t14-,15+,17-,18+/m1/s1. The molecule has 2 fully saturated rings. The molecule has 0 unspecified atom stereocenters. The van der Waals surface area contributed by atoms with Crippen molar-refractivity contribution in [1.29, 1.82) is 0 Å². The molecule has 2 saturated heterocycles. The first kappa shape index (κ1) is 22.8. The number of benzene rings is 1. The van der Waals surface area contributed by atoms with Gasteiger partial charge in [-0.2, -0.15) is 0 Å². The highest BCUT2D eigenvalue weighted by Crippen LogP contribution is 2.46. The Kier molecular flexibility index (Phi) is 6.29. The first-order valence-electron chi connectivity index (χ1n) is 10.5. The second kappa shape index (κ2) is 8.84. The van der Waals surface area contributed by atoms with Gasteiger partial charge in [0, 0.05) is 15.5 Å². The molecule has 4 atom stereocenters. The van der Waals surface area contributed by atoms with Gasteiger partial charge in [-0.05, 0) is 51.3 Å². The minimum atomic E-state index is -1.04. The van der Waals surface area contributed by atoms with Crippen LogP contribution in [0.1, 0.15) is 41.9 Å². The lowest BCUT2D eigenvalue weighted by atomic mass is 9.78. The molecule has 2 N–H and O–H groups in total. The maximum Gasteiger partial charge on any atom is 0.342 e. The summed E-state index contributed by atoms with van der Waals surface area (Å²) in [5.74, 6) is -3.74. The predicted octanol–water partition coefficient (Wildman–Crippen LogP) is 4.76. The Bertz CT molecular complexity index is 1060. The zero-order chi connectivity index (χ0) is 23.2.